The molecule has 3 aromatic rings. The molecule has 200 valence electrons. The standard InChI is InChI=1S/C26H29ClN6O5/c1-17(24(34)37-3)18(2)33(25(35)29-15-19-6-8-20(27)9-7-19)26(36)31-32-30-21-10-12-22(13-11-21)38-23-5-4-14-28-16-23/h4-14,16-18,30,32H,15H2,1-3H3,(H,29,35)(H,31,36)/t17-,18+/m1/s1. The molecular formula is C26H29ClN6O5. The van der Waals surface area contributed by atoms with Gasteiger partial charge in [0.15, 0.2) is 0 Å². The molecule has 4 N–H and O–H groups in total. The third kappa shape index (κ3) is 8.08. The highest BCUT2D eigenvalue weighted by Gasteiger charge is 2.34. The summed E-state index contributed by atoms with van der Waals surface area (Å²) < 4.78 is 10.5. The van der Waals surface area contributed by atoms with Crippen LogP contribution in [0.1, 0.15) is 19.4 Å². The number of hydrogen-bond acceptors (Lipinski definition) is 8. The van der Waals surface area contributed by atoms with Gasteiger partial charge < -0.3 is 20.2 Å². The lowest BCUT2D eigenvalue weighted by atomic mass is 10.0. The molecule has 0 radical (unpaired) electrons. The minimum atomic E-state index is -0.821. The number of hydrogen-bond donors (Lipinski definition) is 4. The van der Waals surface area contributed by atoms with Gasteiger partial charge in [0.25, 0.3) is 0 Å². The fourth-order valence-electron chi connectivity index (χ4n) is 3.30. The van der Waals surface area contributed by atoms with Crippen molar-refractivity contribution in [2.24, 2.45) is 5.92 Å². The minimum absolute atomic E-state index is 0.151. The lowest BCUT2D eigenvalue weighted by molar-refractivity contribution is -0.146. The third-order valence-corrected chi connectivity index (χ3v) is 5.85. The number of carbonyl (C=O) groups excluding carboxylic acids is 3. The smallest absolute Gasteiger partial charge is 0.341 e. The summed E-state index contributed by atoms with van der Waals surface area (Å²) in [5.41, 5.74) is 9.20. The zero-order chi connectivity index (χ0) is 27.5. The maximum atomic E-state index is 13.0. The number of ether oxygens (including phenoxy) is 2. The number of amides is 4. The van der Waals surface area contributed by atoms with Crippen LogP contribution >= 0.6 is 11.6 Å². The van der Waals surface area contributed by atoms with Crippen molar-refractivity contribution in [3.63, 3.8) is 0 Å². The first-order valence-electron chi connectivity index (χ1n) is 11.7. The number of carbonyl (C=O) groups is 3. The number of imide groups is 1. The Morgan fingerprint density at radius 1 is 0.974 bits per heavy atom. The average Bonchev–Trinajstić information content (AvgIpc) is 2.93. The largest absolute Gasteiger partial charge is 0.469 e. The molecule has 0 spiro atoms. The summed E-state index contributed by atoms with van der Waals surface area (Å²) in [6, 6.07) is 15.1. The van der Waals surface area contributed by atoms with Crippen molar-refractivity contribution in [2.45, 2.75) is 26.4 Å². The summed E-state index contributed by atoms with van der Waals surface area (Å²) in [6.45, 7) is 3.31. The number of rotatable bonds is 10. The quantitative estimate of drug-likeness (QED) is 0.218. The Balaban J connectivity index is 1.60. The summed E-state index contributed by atoms with van der Waals surface area (Å²) in [4.78, 5) is 43.0. The maximum absolute atomic E-state index is 13.0. The highest BCUT2D eigenvalue weighted by Crippen LogP contribution is 2.21. The minimum Gasteiger partial charge on any atom is -0.469 e. The molecule has 12 heteroatoms. The van der Waals surface area contributed by atoms with E-state index in [1.54, 1.807) is 86.9 Å². The molecule has 0 unspecified atom stereocenters. The molecule has 0 aliphatic heterocycles. The van der Waals surface area contributed by atoms with E-state index in [2.05, 4.69) is 26.7 Å². The van der Waals surface area contributed by atoms with Gasteiger partial charge >= 0.3 is 18.0 Å². The van der Waals surface area contributed by atoms with E-state index >= 15 is 0 Å². The lowest BCUT2D eigenvalue weighted by Crippen LogP contribution is -2.58. The fourth-order valence-corrected chi connectivity index (χ4v) is 3.43. The summed E-state index contributed by atoms with van der Waals surface area (Å²) in [5.74, 6) is -0.127. The normalized spacial score (nSPS) is 12.0. The van der Waals surface area contributed by atoms with Crippen molar-refractivity contribution in [3.05, 3.63) is 83.6 Å². The molecule has 3 rings (SSSR count). The zero-order valence-corrected chi connectivity index (χ0v) is 21.9. The number of halogens is 1. The molecule has 0 bridgehead atoms. The number of benzene rings is 2. The second-order valence-corrected chi connectivity index (χ2v) is 8.64. The van der Waals surface area contributed by atoms with Gasteiger partial charge in [-0.2, -0.15) is 0 Å². The van der Waals surface area contributed by atoms with Gasteiger partial charge in [0.1, 0.15) is 11.5 Å². The van der Waals surface area contributed by atoms with Crippen LogP contribution in [-0.2, 0) is 16.1 Å². The van der Waals surface area contributed by atoms with Crippen LogP contribution in [0.3, 0.4) is 0 Å². The molecule has 0 saturated heterocycles. The Hall–Kier alpha value is -4.35. The van der Waals surface area contributed by atoms with Crippen LogP contribution in [0, 0.1) is 5.92 Å². The Labute approximate surface area is 225 Å². The van der Waals surface area contributed by atoms with Crippen LogP contribution in [0.4, 0.5) is 15.3 Å². The van der Waals surface area contributed by atoms with Crippen molar-refractivity contribution >= 4 is 35.3 Å². The molecule has 0 aliphatic rings. The molecule has 0 saturated carbocycles. The molecule has 2 aromatic carbocycles. The van der Waals surface area contributed by atoms with Gasteiger partial charge in [-0.25, -0.2) is 14.5 Å². The van der Waals surface area contributed by atoms with Crippen LogP contribution < -0.4 is 26.4 Å². The van der Waals surface area contributed by atoms with E-state index in [0.717, 1.165) is 10.5 Å². The number of esters is 1. The number of hydrazine groups is 2. The van der Waals surface area contributed by atoms with Gasteiger partial charge in [0, 0.05) is 17.8 Å². The maximum Gasteiger partial charge on any atom is 0.341 e. The topological polar surface area (TPSA) is 134 Å². The number of urea groups is 2. The van der Waals surface area contributed by atoms with E-state index in [-0.39, 0.29) is 6.54 Å². The first-order valence-corrected chi connectivity index (χ1v) is 12.0. The van der Waals surface area contributed by atoms with Crippen molar-refractivity contribution < 1.29 is 23.9 Å². The monoisotopic (exact) mass is 540 g/mol. The van der Waals surface area contributed by atoms with E-state index < -0.39 is 30.0 Å². The molecule has 11 nitrogen and oxygen atoms in total. The van der Waals surface area contributed by atoms with E-state index in [1.807, 2.05) is 0 Å². The fraction of sp³-hybridized carbons (Fsp3) is 0.231. The SMILES string of the molecule is COC(=O)[C@H](C)[C@H](C)N(C(=O)NCc1ccc(Cl)cc1)C(=O)NNNc1ccc(Oc2cccnc2)cc1. The Morgan fingerprint density at radius 3 is 2.32 bits per heavy atom. The first kappa shape index (κ1) is 28.2. The predicted octanol–water partition coefficient (Wildman–Crippen LogP) is 4.48. The first-order chi connectivity index (χ1) is 18.3. The number of aromatic nitrogens is 1. The van der Waals surface area contributed by atoms with Crippen molar-refractivity contribution in [1.82, 2.24) is 26.2 Å². The number of anilines is 1. The van der Waals surface area contributed by atoms with Crippen LogP contribution in [0.5, 0.6) is 11.5 Å². The van der Waals surface area contributed by atoms with Gasteiger partial charge in [0.2, 0.25) is 0 Å². The Bertz CT molecular complexity index is 1210. The summed E-state index contributed by atoms with van der Waals surface area (Å²) in [6.07, 6.45) is 3.25. The number of nitrogens with one attached hydrogen (secondary N) is 4. The molecule has 4 amide bonds. The second kappa shape index (κ2) is 13.8. The van der Waals surface area contributed by atoms with Gasteiger partial charge in [-0.3, -0.25) is 15.2 Å². The van der Waals surface area contributed by atoms with E-state index in [0.29, 0.717) is 22.2 Å². The van der Waals surface area contributed by atoms with Crippen molar-refractivity contribution in [1.29, 1.82) is 0 Å². The molecule has 38 heavy (non-hydrogen) atoms. The predicted molar refractivity (Wildman–Crippen MR) is 142 cm³/mol. The van der Waals surface area contributed by atoms with Crippen LogP contribution in [0.25, 0.3) is 0 Å². The van der Waals surface area contributed by atoms with Crippen LogP contribution in [-0.4, -0.2) is 41.1 Å². The highest BCUT2D eigenvalue weighted by molar-refractivity contribution is 6.30. The molecule has 1 aromatic heterocycles. The molecular weight excluding hydrogens is 512 g/mol. The molecule has 0 aliphatic carbocycles. The molecule has 2 atom stereocenters. The van der Waals surface area contributed by atoms with E-state index in [9.17, 15) is 14.4 Å². The number of methoxy groups -OCH3 is 1. The van der Waals surface area contributed by atoms with Gasteiger partial charge in [0.05, 0.1) is 31.0 Å². The lowest BCUT2D eigenvalue weighted by Gasteiger charge is -2.30. The molecule has 1 heterocycles. The Morgan fingerprint density at radius 2 is 1.68 bits per heavy atom. The van der Waals surface area contributed by atoms with Crippen molar-refractivity contribution in [3.8, 4) is 11.5 Å². The number of pyridine rings is 1. The Kier molecular flexibility index (Phi) is 10.3. The van der Waals surface area contributed by atoms with Gasteiger partial charge in [-0.15, -0.1) is 5.53 Å². The van der Waals surface area contributed by atoms with Gasteiger partial charge in [-0.1, -0.05) is 23.7 Å². The summed E-state index contributed by atoms with van der Waals surface area (Å²) >= 11 is 5.91. The highest BCUT2D eigenvalue weighted by atomic mass is 35.5. The third-order valence-electron chi connectivity index (χ3n) is 5.60. The molecule has 0 fully saturated rings. The summed E-state index contributed by atoms with van der Waals surface area (Å²) in [5, 5.41) is 3.26. The number of nitrogens with zero attached hydrogens (tertiary/aromatic N) is 2. The summed E-state index contributed by atoms with van der Waals surface area (Å²) in [7, 11) is 1.25. The van der Waals surface area contributed by atoms with E-state index in [4.69, 9.17) is 21.1 Å². The van der Waals surface area contributed by atoms with Crippen molar-refractivity contribution in [2.75, 3.05) is 12.5 Å². The zero-order valence-electron chi connectivity index (χ0n) is 21.1. The van der Waals surface area contributed by atoms with Gasteiger partial charge in [-0.05, 0) is 67.9 Å². The van der Waals surface area contributed by atoms with Crippen LogP contribution in [0.2, 0.25) is 5.02 Å². The van der Waals surface area contributed by atoms with Crippen LogP contribution in [0.15, 0.2) is 73.1 Å². The second-order valence-electron chi connectivity index (χ2n) is 8.20. The van der Waals surface area contributed by atoms with E-state index in [1.165, 1.54) is 7.11 Å². The average molecular weight is 541 g/mol.